The van der Waals surface area contributed by atoms with Gasteiger partial charge in [0, 0.05) is 0 Å². The van der Waals surface area contributed by atoms with E-state index in [1.165, 1.54) is 7.11 Å². The number of hydroxylamine groups is 1. The third-order valence-electron chi connectivity index (χ3n) is 1.83. The van der Waals surface area contributed by atoms with Gasteiger partial charge in [-0.2, -0.15) is 20.0 Å². The van der Waals surface area contributed by atoms with Crippen LogP contribution in [0.15, 0.2) is 0 Å². The number of hydrogen-bond donors (Lipinski definition) is 4. The Hall–Kier alpha value is -1.75. The molecule has 10 nitrogen and oxygen atoms in total. The molecule has 1 heterocycles. The zero-order chi connectivity index (χ0) is 12.8. The van der Waals surface area contributed by atoms with E-state index in [0.717, 1.165) is 9.96 Å². The van der Waals surface area contributed by atoms with Crippen LogP contribution in [-0.2, 0) is 4.84 Å². The Balaban J connectivity index is 3.08. The van der Waals surface area contributed by atoms with Crippen molar-refractivity contribution >= 4 is 17.8 Å². The Morgan fingerprint density at radius 3 is 2.12 bits per heavy atom. The fourth-order valence-corrected chi connectivity index (χ4v) is 0.996. The van der Waals surface area contributed by atoms with Gasteiger partial charge in [0.05, 0.1) is 7.11 Å². The first-order valence-corrected chi connectivity index (χ1v) is 4.57. The van der Waals surface area contributed by atoms with Crippen molar-refractivity contribution in [2.24, 2.45) is 0 Å². The monoisotopic (exact) mass is 246 g/mol. The first kappa shape index (κ1) is 13.3. The van der Waals surface area contributed by atoms with Gasteiger partial charge in [0.25, 0.3) is 5.95 Å². The van der Waals surface area contributed by atoms with Gasteiger partial charge < -0.3 is 21.1 Å². The van der Waals surface area contributed by atoms with Gasteiger partial charge in [0.1, 0.15) is 20.2 Å². The lowest BCUT2D eigenvalue weighted by Crippen LogP contribution is -2.30. The summed E-state index contributed by atoms with van der Waals surface area (Å²) in [4.78, 5) is 17.1. The van der Waals surface area contributed by atoms with Crippen LogP contribution in [0.5, 0.6) is 0 Å². The van der Waals surface area contributed by atoms with E-state index in [1.807, 2.05) is 0 Å². The molecule has 5 N–H and O–H groups in total. The molecular weight excluding hydrogens is 232 g/mol. The van der Waals surface area contributed by atoms with E-state index < -0.39 is 20.2 Å². The normalized spacial score (nSPS) is 10.4. The number of hydrogen-bond acceptors (Lipinski definition) is 10. The van der Waals surface area contributed by atoms with Crippen LogP contribution in [0.3, 0.4) is 0 Å². The van der Waals surface area contributed by atoms with Crippen LogP contribution in [0.25, 0.3) is 0 Å². The summed E-state index contributed by atoms with van der Waals surface area (Å²) < 4.78 is 0. The average Bonchev–Trinajstić information content (AvgIpc) is 2.31. The predicted octanol–water partition coefficient (Wildman–Crippen LogP) is -2.52. The molecule has 10 heteroatoms. The quantitative estimate of drug-likeness (QED) is 0.313. The van der Waals surface area contributed by atoms with Crippen LogP contribution >= 0.6 is 0 Å². The van der Waals surface area contributed by atoms with Crippen molar-refractivity contribution in [3.8, 4) is 0 Å². The van der Waals surface area contributed by atoms with Gasteiger partial charge in [-0.25, -0.2) is 0 Å². The molecule has 0 aromatic carbocycles. The van der Waals surface area contributed by atoms with Crippen LogP contribution in [0, 0.1) is 0 Å². The molecule has 0 spiro atoms. The number of rotatable bonds is 6. The summed E-state index contributed by atoms with van der Waals surface area (Å²) in [5.74, 6) is -0.204. The molecule has 0 aliphatic carbocycles. The number of nitrogen functional groups attached to an aromatic ring is 1. The molecule has 0 atom stereocenters. The molecule has 0 aliphatic heterocycles. The topological polar surface area (TPSA) is 141 Å². The summed E-state index contributed by atoms with van der Waals surface area (Å²) in [5.41, 5.74) is 5.44. The van der Waals surface area contributed by atoms with Gasteiger partial charge in [-0.05, 0) is 0 Å². The maximum Gasteiger partial charge on any atom is 0.258 e. The molecule has 0 aliphatic rings. The van der Waals surface area contributed by atoms with Gasteiger partial charge in [-0.3, -0.25) is 9.74 Å². The van der Waals surface area contributed by atoms with Crippen LogP contribution < -0.4 is 15.7 Å². The molecular formula is C7H14N6O4. The third-order valence-corrected chi connectivity index (χ3v) is 1.83. The summed E-state index contributed by atoms with van der Waals surface area (Å²) in [6.07, 6.45) is 0. The highest BCUT2D eigenvalue weighted by atomic mass is 16.7. The summed E-state index contributed by atoms with van der Waals surface area (Å²) in [6, 6.07) is 0. The van der Waals surface area contributed by atoms with Crippen molar-refractivity contribution < 1.29 is 20.2 Å². The molecule has 96 valence electrons. The molecule has 0 saturated carbocycles. The Kier molecular flexibility index (Phi) is 4.78. The highest BCUT2D eigenvalue weighted by Crippen LogP contribution is 2.14. The van der Waals surface area contributed by atoms with Gasteiger partial charge in [0.2, 0.25) is 11.9 Å². The molecule has 0 amide bonds. The number of aromatic nitrogens is 3. The van der Waals surface area contributed by atoms with Crippen molar-refractivity contribution in [3.63, 3.8) is 0 Å². The van der Waals surface area contributed by atoms with Crippen molar-refractivity contribution in [1.29, 1.82) is 0 Å². The highest BCUT2D eigenvalue weighted by molar-refractivity contribution is 5.41. The van der Waals surface area contributed by atoms with Crippen molar-refractivity contribution in [3.05, 3.63) is 0 Å². The van der Waals surface area contributed by atoms with Crippen molar-refractivity contribution in [2.75, 3.05) is 43.0 Å². The molecule has 0 fully saturated rings. The molecule has 1 rings (SSSR count). The second-order valence-corrected chi connectivity index (χ2v) is 2.82. The fraction of sp³-hybridized carbons (Fsp3) is 0.571. The van der Waals surface area contributed by atoms with Gasteiger partial charge >= 0.3 is 0 Å². The molecule has 17 heavy (non-hydrogen) atoms. The minimum Gasteiger partial charge on any atom is -0.376 e. The Morgan fingerprint density at radius 2 is 1.65 bits per heavy atom. The molecule has 1 aromatic heterocycles. The van der Waals surface area contributed by atoms with Crippen molar-refractivity contribution in [2.45, 2.75) is 0 Å². The van der Waals surface area contributed by atoms with Gasteiger partial charge in [0.15, 0.2) is 0 Å². The summed E-state index contributed by atoms with van der Waals surface area (Å²) in [6.45, 7) is -1.48. The van der Waals surface area contributed by atoms with Crippen molar-refractivity contribution in [1.82, 2.24) is 15.0 Å². The lowest BCUT2D eigenvalue weighted by Gasteiger charge is -2.20. The van der Waals surface area contributed by atoms with E-state index in [-0.39, 0.29) is 17.8 Å². The second-order valence-electron chi connectivity index (χ2n) is 2.82. The Labute approximate surface area is 96.9 Å². The zero-order valence-corrected chi connectivity index (χ0v) is 9.18. The lowest BCUT2D eigenvalue weighted by molar-refractivity contribution is 0.0972. The minimum atomic E-state index is -0.495. The van der Waals surface area contributed by atoms with Crippen LogP contribution in [0.1, 0.15) is 0 Å². The first-order valence-electron chi connectivity index (χ1n) is 4.57. The largest absolute Gasteiger partial charge is 0.376 e. The number of nitrogens with two attached hydrogens (primary N) is 1. The molecule has 1 aromatic rings. The minimum absolute atomic E-state index is 0.0343. The average molecular weight is 246 g/mol. The maximum atomic E-state index is 8.96. The number of anilines is 3. The van der Waals surface area contributed by atoms with Gasteiger partial charge in [-0.15, -0.1) is 0 Å². The van der Waals surface area contributed by atoms with E-state index in [9.17, 15) is 0 Å². The maximum absolute atomic E-state index is 8.96. The first-order chi connectivity index (χ1) is 8.15. The molecule has 0 unspecified atom stereocenters. The number of aliphatic hydroxyl groups is 3. The molecule has 0 radical (unpaired) electrons. The molecule has 0 bridgehead atoms. The standard InChI is InChI=1S/C7H14N6O4/c1-17-13(4-16)7-10-5(8)9-6(11-7)12(2-14)3-15/h14-16H,2-4H2,1H3,(H2,8,9,10,11). The van der Waals surface area contributed by atoms with Gasteiger partial charge in [-0.1, -0.05) is 0 Å². The molecule has 0 saturated heterocycles. The van der Waals surface area contributed by atoms with E-state index in [0.29, 0.717) is 0 Å². The third kappa shape index (κ3) is 3.10. The second kappa shape index (κ2) is 6.10. The number of aliphatic hydroxyl groups excluding tert-OH is 3. The van der Waals surface area contributed by atoms with E-state index in [1.54, 1.807) is 0 Å². The summed E-state index contributed by atoms with van der Waals surface area (Å²) >= 11 is 0. The number of nitrogens with zero attached hydrogens (tertiary/aromatic N) is 5. The zero-order valence-electron chi connectivity index (χ0n) is 9.18. The smallest absolute Gasteiger partial charge is 0.258 e. The van der Waals surface area contributed by atoms with E-state index in [2.05, 4.69) is 15.0 Å². The SMILES string of the molecule is CON(CO)c1nc(N)nc(N(CO)CO)n1. The Bertz CT molecular complexity index is 326. The fourth-order valence-electron chi connectivity index (χ4n) is 0.996. The Morgan fingerprint density at radius 1 is 1.06 bits per heavy atom. The summed E-state index contributed by atoms with van der Waals surface area (Å²) in [5, 5.41) is 27.8. The summed E-state index contributed by atoms with van der Waals surface area (Å²) in [7, 11) is 1.31. The van der Waals surface area contributed by atoms with Crippen LogP contribution in [0.2, 0.25) is 0 Å². The van der Waals surface area contributed by atoms with Crippen LogP contribution in [0.4, 0.5) is 17.8 Å². The lowest BCUT2D eigenvalue weighted by atomic mass is 10.7. The van der Waals surface area contributed by atoms with E-state index >= 15 is 0 Å². The highest BCUT2D eigenvalue weighted by Gasteiger charge is 2.15. The predicted molar refractivity (Wildman–Crippen MR) is 57.5 cm³/mol. The van der Waals surface area contributed by atoms with E-state index in [4.69, 9.17) is 25.9 Å². The van der Waals surface area contributed by atoms with Crippen LogP contribution in [-0.4, -0.2) is 57.6 Å².